The van der Waals surface area contributed by atoms with E-state index in [0.29, 0.717) is 12.3 Å². The first-order valence-corrected chi connectivity index (χ1v) is 9.36. The van der Waals surface area contributed by atoms with E-state index in [2.05, 4.69) is 33.0 Å². The first kappa shape index (κ1) is 20.5. The van der Waals surface area contributed by atoms with Gasteiger partial charge in [0.2, 0.25) is 5.91 Å². The van der Waals surface area contributed by atoms with Gasteiger partial charge in [0.25, 0.3) is 0 Å². The molecule has 2 heteroatoms. The zero-order valence-corrected chi connectivity index (χ0v) is 15.0. The van der Waals surface area contributed by atoms with Crippen LogP contribution in [0.2, 0.25) is 0 Å². The van der Waals surface area contributed by atoms with Crippen LogP contribution in [0, 0.1) is 11.8 Å². The fourth-order valence-corrected chi connectivity index (χ4v) is 2.83. The molecule has 0 aliphatic rings. The molecule has 1 N–H and O–H groups in total. The molecule has 0 bridgehead atoms. The molecule has 0 aliphatic carbocycles. The Labute approximate surface area is 133 Å². The number of carbonyl (C=O) groups is 1. The van der Waals surface area contributed by atoms with Crippen LogP contribution in [0.5, 0.6) is 0 Å². The minimum atomic E-state index is 0.253. The first-order valence-electron chi connectivity index (χ1n) is 9.36. The molecule has 0 rings (SSSR count). The molecule has 0 aromatic rings. The van der Waals surface area contributed by atoms with Crippen LogP contribution in [0.4, 0.5) is 0 Å². The number of hydrogen-bond donors (Lipinski definition) is 1. The van der Waals surface area contributed by atoms with Crippen LogP contribution in [0.15, 0.2) is 0 Å². The molecule has 1 amide bonds. The Bertz CT molecular complexity index is 238. The highest BCUT2D eigenvalue weighted by molar-refractivity contribution is 5.75. The largest absolute Gasteiger partial charge is 0.356 e. The average Bonchev–Trinajstić information content (AvgIpc) is 2.45. The van der Waals surface area contributed by atoms with E-state index in [-0.39, 0.29) is 5.91 Å². The van der Waals surface area contributed by atoms with Crippen molar-refractivity contribution < 1.29 is 4.79 Å². The molecular weight excluding hydrogens is 258 g/mol. The van der Waals surface area contributed by atoms with Gasteiger partial charge < -0.3 is 5.32 Å². The summed E-state index contributed by atoms with van der Waals surface area (Å²) in [6.07, 6.45) is 13.4. The van der Waals surface area contributed by atoms with Crippen LogP contribution in [0.1, 0.15) is 98.3 Å². The number of rotatable bonds is 14. The summed E-state index contributed by atoms with van der Waals surface area (Å²) in [5.74, 6) is 1.62. The molecule has 0 radical (unpaired) electrons. The summed E-state index contributed by atoms with van der Waals surface area (Å²) < 4.78 is 0. The smallest absolute Gasteiger partial charge is 0.220 e. The molecule has 21 heavy (non-hydrogen) atoms. The van der Waals surface area contributed by atoms with Crippen LogP contribution in [-0.2, 0) is 4.79 Å². The van der Waals surface area contributed by atoms with Crippen molar-refractivity contribution in [1.29, 1.82) is 0 Å². The van der Waals surface area contributed by atoms with E-state index in [0.717, 1.165) is 25.3 Å². The number of carbonyl (C=O) groups excluding carboxylic acids is 1. The fraction of sp³-hybridized carbons (Fsp3) is 0.947. The lowest BCUT2D eigenvalue weighted by atomic mass is 9.95. The van der Waals surface area contributed by atoms with Crippen molar-refractivity contribution in [2.75, 3.05) is 6.54 Å². The van der Waals surface area contributed by atoms with E-state index in [9.17, 15) is 4.79 Å². The Kier molecular flexibility index (Phi) is 14.0. The molecule has 0 spiro atoms. The lowest BCUT2D eigenvalue weighted by Gasteiger charge is -2.17. The van der Waals surface area contributed by atoms with E-state index in [1.807, 2.05) is 0 Å². The molecule has 0 saturated carbocycles. The van der Waals surface area contributed by atoms with Gasteiger partial charge in [0.1, 0.15) is 0 Å². The van der Waals surface area contributed by atoms with Gasteiger partial charge in [-0.15, -0.1) is 0 Å². The summed E-state index contributed by atoms with van der Waals surface area (Å²) >= 11 is 0. The third-order valence-electron chi connectivity index (χ3n) is 4.23. The van der Waals surface area contributed by atoms with Crippen molar-refractivity contribution in [3.8, 4) is 0 Å². The van der Waals surface area contributed by atoms with Crippen LogP contribution >= 0.6 is 0 Å². The summed E-state index contributed by atoms with van der Waals surface area (Å²) in [7, 11) is 0. The van der Waals surface area contributed by atoms with Crippen molar-refractivity contribution in [2.24, 2.45) is 11.8 Å². The maximum Gasteiger partial charge on any atom is 0.220 e. The molecule has 0 saturated heterocycles. The summed E-state index contributed by atoms with van der Waals surface area (Å²) in [4.78, 5) is 11.8. The van der Waals surface area contributed by atoms with E-state index in [4.69, 9.17) is 0 Å². The zero-order valence-electron chi connectivity index (χ0n) is 15.0. The van der Waals surface area contributed by atoms with Gasteiger partial charge in [-0.2, -0.15) is 0 Å². The van der Waals surface area contributed by atoms with Gasteiger partial charge in [-0.3, -0.25) is 4.79 Å². The highest BCUT2D eigenvalue weighted by atomic mass is 16.1. The summed E-state index contributed by atoms with van der Waals surface area (Å²) in [6.45, 7) is 9.85. The molecule has 126 valence electrons. The fourth-order valence-electron chi connectivity index (χ4n) is 2.83. The molecule has 1 unspecified atom stereocenters. The molecule has 0 heterocycles. The SMILES string of the molecule is CCCCCCCCCCC(=O)NCC(CC)CC(C)C. The van der Waals surface area contributed by atoms with Gasteiger partial charge in [0, 0.05) is 13.0 Å². The Morgan fingerprint density at radius 2 is 1.48 bits per heavy atom. The molecular formula is C19H39NO. The minimum Gasteiger partial charge on any atom is -0.356 e. The number of unbranched alkanes of at least 4 members (excludes halogenated alkanes) is 7. The molecule has 0 aromatic carbocycles. The normalized spacial score (nSPS) is 12.6. The van der Waals surface area contributed by atoms with Crippen LogP contribution < -0.4 is 5.32 Å². The van der Waals surface area contributed by atoms with Gasteiger partial charge in [-0.05, 0) is 24.7 Å². The van der Waals surface area contributed by atoms with Crippen molar-refractivity contribution in [3.05, 3.63) is 0 Å². The Balaban J connectivity index is 3.45. The monoisotopic (exact) mass is 297 g/mol. The Morgan fingerprint density at radius 3 is 2.00 bits per heavy atom. The molecule has 0 fully saturated rings. The second-order valence-corrected chi connectivity index (χ2v) is 6.93. The van der Waals surface area contributed by atoms with E-state index >= 15 is 0 Å². The van der Waals surface area contributed by atoms with Crippen molar-refractivity contribution in [1.82, 2.24) is 5.32 Å². The van der Waals surface area contributed by atoms with E-state index < -0.39 is 0 Å². The highest BCUT2D eigenvalue weighted by Gasteiger charge is 2.10. The average molecular weight is 298 g/mol. The number of hydrogen-bond acceptors (Lipinski definition) is 1. The maximum absolute atomic E-state index is 11.8. The maximum atomic E-state index is 11.8. The van der Waals surface area contributed by atoms with Crippen LogP contribution in [-0.4, -0.2) is 12.5 Å². The standard InChI is InChI=1S/C19H39NO/c1-5-7-8-9-10-11-12-13-14-19(21)20-16-18(6-2)15-17(3)4/h17-18H,5-16H2,1-4H3,(H,20,21). The van der Waals surface area contributed by atoms with E-state index in [1.54, 1.807) is 0 Å². The zero-order chi connectivity index (χ0) is 15.9. The predicted molar refractivity (Wildman–Crippen MR) is 93.5 cm³/mol. The van der Waals surface area contributed by atoms with E-state index in [1.165, 1.54) is 51.4 Å². The number of amides is 1. The molecule has 0 aliphatic heterocycles. The molecule has 0 aromatic heterocycles. The summed E-state index contributed by atoms with van der Waals surface area (Å²) in [5, 5.41) is 3.12. The van der Waals surface area contributed by atoms with Gasteiger partial charge in [-0.1, -0.05) is 79.1 Å². The Hall–Kier alpha value is -0.530. The second kappa shape index (κ2) is 14.4. The van der Waals surface area contributed by atoms with Crippen molar-refractivity contribution in [2.45, 2.75) is 98.3 Å². The van der Waals surface area contributed by atoms with Crippen molar-refractivity contribution >= 4 is 5.91 Å². The van der Waals surface area contributed by atoms with Crippen LogP contribution in [0.25, 0.3) is 0 Å². The molecule has 1 atom stereocenters. The van der Waals surface area contributed by atoms with Gasteiger partial charge in [-0.25, -0.2) is 0 Å². The number of nitrogens with one attached hydrogen (secondary N) is 1. The summed E-state index contributed by atoms with van der Waals surface area (Å²) in [5.41, 5.74) is 0. The molecule has 2 nitrogen and oxygen atoms in total. The first-order chi connectivity index (χ1) is 10.1. The predicted octanol–water partition coefficient (Wildman–Crippen LogP) is 5.71. The van der Waals surface area contributed by atoms with Gasteiger partial charge in [0.05, 0.1) is 0 Å². The quantitative estimate of drug-likeness (QED) is 0.409. The third-order valence-corrected chi connectivity index (χ3v) is 4.23. The topological polar surface area (TPSA) is 29.1 Å². The minimum absolute atomic E-state index is 0.253. The van der Waals surface area contributed by atoms with Gasteiger partial charge >= 0.3 is 0 Å². The van der Waals surface area contributed by atoms with Crippen LogP contribution in [0.3, 0.4) is 0 Å². The van der Waals surface area contributed by atoms with Gasteiger partial charge in [0.15, 0.2) is 0 Å². The third kappa shape index (κ3) is 14.2. The highest BCUT2D eigenvalue weighted by Crippen LogP contribution is 2.14. The lowest BCUT2D eigenvalue weighted by Crippen LogP contribution is -2.29. The lowest BCUT2D eigenvalue weighted by molar-refractivity contribution is -0.121. The summed E-state index contributed by atoms with van der Waals surface area (Å²) in [6, 6.07) is 0. The Morgan fingerprint density at radius 1 is 0.905 bits per heavy atom. The van der Waals surface area contributed by atoms with Crippen molar-refractivity contribution in [3.63, 3.8) is 0 Å². The second-order valence-electron chi connectivity index (χ2n) is 6.93.